The summed E-state index contributed by atoms with van der Waals surface area (Å²) in [6.45, 7) is 7.41. The van der Waals surface area contributed by atoms with E-state index in [1.54, 1.807) is 0 Å². The quantitative estimate of drug-likeness (QED) is 0.609. The van der Waals surface area contributed by atoms with Crippen LogP contribution in [0.4, 0.5) is 0 Å². The van der Waals surface area contributed by atoms with Gasteiger partial charge >= 0.3 is 0 Å². The van der Waals surface area contributed by atoms with Crippen LogP contribution in [0.2, 0.25) is 0 Å². The Morgan fingerprint density at radius 1 is 1.42 bits per heavy atom. The summed E-state index contributed by atoms with van der Waals surface area (Å²) < 4.78 is 5.48. The van der Waals surface area contributed by atoms with Crippen molar-refractivity contribution in [1.82, 2.24) is 0 Å². The largest absolute Gasteiger partial charge is 0.378 e. The summed E-state index contributed by atoms with van der Waals surface area (Å²) in [5.41, 5.74) is 0. The zero-order chi connectivity index (χ0) is 9.14. The van der Waals surface area contributed by atoms with E-state index in [0.717, 1.165) is 19.4 Å². The molecule has 12 heavy (non-hydrogen) atoms. The molecule has 2 heteroatoms. The summed E-state index contributed by atoms with van der Waals surface area (Å²) in [6.07, 6.45) is 2.67. The maximum Gasteiger partial charge on any atom is 0.0550 e. The lowest BCUT2D eigenvalue weighted by molar-refractivity contribution is -0.000605. The number of rotatable bonds is 2. The molecule has 3 atom stereocenters. The molecule has 0 radical (unpaired) electrons. The van der Waals surface area contributed by atoms with Crippen molar-refractivity contribution >= 4 is 11.6 Å². The zero-order valence-electron chi connectivity index (χ0n) is 8.22. The molecule has 1 rings (SSSR count). The first-order valence-corrected chi connectivity index (χ1v) is 5.30. The third-order valence-electron chi connectivity index (χ3n) is 2.61. The van der Waals surface area contributed by atoms with Crippen LogP contribution in [-0.2, 0) is 4.74 Å². The number of hydrogen-bond acceptors (Lipinski definition) is 1. The third kappa shape index (κ3) is 2.63. The van der Waals surface area contributed by atoms with E-state index in [1.807, 2.05) is 0 Å². The monoisotopic (exact) mass is 190 g/mol. The first kappa shape index (κ1) is 10.3. The fourth-order valence-electron chi connectivity index (χ4n) is 1.87. The van der Waals surface area contributed by atoms with Gasteiger partial charge in [0, 0.05) is 12.0 Å². The highest BCUT2D eigenvalue weighted by Crippen LogP contribution is 2.30. The first-order valence-electron chi connectivity index (χ1n) is 4.87. The minimum absolute atomic E-state index is 0.330. The van der Waals surface area contributed by atoms with Crippen molar-refractivity contribution in [3.05, 3.63) is 0 Å². The van der Waals surface area contributed by atoms with Crippen LogP contribution < -0.4 is 0 Å². The van der Waals surface area contributed by atoms with E-state index in [1.165, 1.54) is 0 Å². The SMILES string of the molecule is CC1CC(C(Cl)C(C)C)CCO1. The van der Waals surface area contributed by atoms with E-state index in [4.69, 9.17) is 16.3 Å². The highest BCUT2D eigenvalue weighted by atomic mass is 35.5. The number of hydrogen-bond donors (Lipinski definition) is 0. The van der Waals surface area contributed by atoms with Gasteiger partial charge in [-0.1, -0.05) is 13.8 Å². The Hall–Kier alpha value is 0.250. The fraction of sp³-hybridized carbons (Fsp3) is 1.00. The van der Waals surface area contributed by atoms with Crippen molar-refractivity contribution in [2.75, 3.05) is 6.61 Å². The van der Waals surface area contributed by atoms with Gasteiger partial charge in [-0.3, -0.25) is 0 Å². The smallest absolute Gasteiger partial charge is 0.0550 e. The fourth-order valence-corrected chi connectivity index (χ4v) is 2.10. The summed E-state index contributed by atoms with van der Waals surface area (Å²) >= 11 is 6.30. The molecule has 0 aromatic carbocycles. The Balaban J connectivity index is 2.40. The number of alkyl halides is 1. The van der Waals surface area contributed by atoms with Crippen LogP contribution in [0.3, 0.4) is 0 Å². The molecule has 1 heterocycles. The summed E-state index contributed by atoms with van der Waals surface area (Å²) in [5.74, 6) is 1.25. The summed E-state index contributed by atoms with van der Waals surface area (Å²) in [5, 5.41) is 0.330. The summed E-state index contributed by atoms with van der Waals surface area (Å²) in [4.78, 5) is 0. The van der Waals surface area contributed by atoms with Crippen LogP contribution in [-0.4, -0.2) is 18.1 Å². The molecule has 0 spiro atoms. The molecular weight excluding hydrogens is 172 g/mol. The topological polar surface area (TPSA) is 9.23 Å². The normalized spacial score (nSPS) is 33.8. The molecule has 0 N–H and O–H groups in total. The van der Waals surface area contributed by atoms with Crippen molar-refractivity contribution in [3.63, 3.8) is 0 Å². The Morgan fingerprint density at radius 3 is 2.58 bits per heavy atom. The van der Waals surface area contributed by atoms with Crippen LogP contribution >= 0.6 is 11.6 Å². The van der Waals surface area contributed by atoms with Gasteiger partial charge in [0.25, 0.3) is 0 Å². The van der Waals surface area contributed by atoms with Gasteiger partial charge in [0.1, 0.15) is 0 Å². The van der Waals surface area contributed by atoms with Crippen LogP contribution in [0.5, 0.6) is 0 Å². The van der Waals surface area contributed by atoms with Gasteiger partial charge in [-0.25, -0.2) is 0 Å². The van der Waals surface area contributed by atoms with Gasteiger partial charge in [-0.15, -0.1) is 11.6 Å². The van der Waals surface area contributed by atoms with Gasteiger partial charge in [0.05, 0.1) is 6.10 Å². The van der Waals surface area contributed by atoms with Crippen molar-refractivity contribution in [3.8, 4) is 0 Å². The summed E-state index contributed by atoms with van der Waals surface area (Å²) in [6, 6.07) is 0. The molecule has 0 amide bonds. The average Bonchev–Trinajstić information content (AvgIpc) is 2.03. The molecular formula is C10H19ClO. The van der Waals surface area contributed by atoms with Crippen LogP contribution in [0.25, 0.3) is 0 Å². The Kier molecular flexibility index (Phi) is 3.85. The van der Waals surface area contributed by atoms with E-state index < -0.39 is 0 Å². The van der Waals surface area contributed by atoms with Crippen molar-refractivity contribution in [2.45, 2.75) is 45.1 Å². The van der Waals surface area contributed by atoms with E-state index >= 15 is 0 Å². The van der Waals surface area contributed by atoms with E-state index in [9.17, 15) is 0 Å². The second-order valence-corrected chi connectivity index (χ2v) is 4.66. The molecule has 0 saturated carbocycles. The van der Waals surface area contributed by atoms with Crippen molar-refractivity contribution in [2.24, 2.45) is 11.8 Å². The van der Waals surface area contributed by atoms with Gasteiger partial charge in [-0.05, 0) is 31.6 Å². The summed E-state index contributed by atoms with van der Waals surface area (Å²) in [7, 11) is 0. The Bertz CT molecular complexity index is 136. The van der Waals surface area contributed by atoms with Gasteiger partial charge in [-0.2, -0.15) is 0 Å². The van der Waals surface area contributed by atoms with E-state index in [2.05, 4.69) is 20.8 Å². The van der Waals surface area contributed by atoms with E-state index in [-0.39, 0.29) is 0 Å². The minimum atomic E-state index is 0.330. The molecule has 1 nitrogen and oxygen atoms in total. The van der Waals surface area contributed by atoms with Crippen LogP contribution in [0.1, 0.15) is 33.6 Å². The lowest BCUT2D eigenvalue weighted by atomic mass is 9.88. The number of halogens is 1. The van der Waals surface area contributed by atoms with Gasteiger partial charge in [0.2, 0.25) is 0 Å². The average molecular weight is 191 g/mol. The number of ether oxygens (including phenoxy) is 1. The molecule has 3 unspecified atom stereocenters. The molecule has 0 bridgehead atoms. The molecule has 1 saturated heterocycles. The minimum Gasteiger partial charge on any atom is -0.378 e. The molecule has 0 aliphatic carbocycles. The highest BCUT2D eigenvalue weighted by Gasteiger charge is 2.27. The second kappa shape index (κ2) is 4.48. The van der Waals surface area contributed by atoms with E-state index in [0.29, 0.717) is 23.3 Å². The predicted molar refractivity (Wildman–Crippen MR) is 52.6 cm³/mol. The van der Waals surface area contributed by atoms with Crippen molar-refractivity contribution in [1.29, 1.82) is 0 Å². The van der Waals surface area contributed by atoms with Crippen LogP contribution in [0, 0.1) is 11.8 Å². The van der Waals surface area contributed by atoms with Crippen molar-refractivity contribution < 1.29 is 4.74 Å². The van der Waals surface area contributed by atoms with Gasteiger partial charge < -0.3 is 4.74 Å². The molecule has 72 valence electrons. The van der Waals surface area contributed by atoms with Crippen LogP contribution in [0.15, 0.2) is 0 Å². The lowest BCUT2D eigenvalue weighted by Gasteiger charge is -2.32. The molecule has 0 aromatic rings. The lowest BCUT2D eigenvalue weighted by Crippen LogP contribution is -2.31. The zero-order valence-corrected chi connectivity index (χ0v) is 8.97. The maximum atomic E-state index is 6.30. The van der Waals surface area contributed by atoms with Gasteiger partial charge in [0.15, 0.2) is 0 Å². The Labute approximate surface area is 80.4 Å². The predicted octanol–water partition coefficient (Wildman–Crippen LogP) is 3.06. The third-order valence-corrected chi connectivity index (χ3v) is 3.47. The highest BCUT2D eigenvalue weighted by molar-refractivity contribution is 6.20. The standard InChI is InChI=1S/C10H19ClO/c1-7(2)10(11)9-4-5-12-8(3)6-9/h7-10H,4-6H2,1-3H3. The molecule has 0 aromatic heterocycles. The molecule has 1 aliphatic heterocycles. The first-order chi connectivity index (χ1) is 5.61. The molecule has 1 aliphatic rings. The maximum absolute atomic E-state index is 6.30. The second-order valence-electron chi connectivity index (χ2n) is 4.15. The Morgan fingerprint density at radius 2 is 2.08 bits per heavy atom. The molecule has 1 fully saturated rings.